The smallest absolute Gasteiger partial charge is 0.407 e. The molecule has 0 aliphatic carbocycles. The predicted octanol–water partition coefficient (Wildman–Crippen LogP) is 5.89. The van der Waals surface area contributed by atoms with E-state index in [1.807, 2.05) is 6.92 Å². The molecule has 0 saturated carbocycles. The van der Waals surface area contributed by atoms with E-state index in [0.717, 1.165) is 37.3 Å². The molecule has 2 aliphatic rings. The van der Waals surface area contributed by atoms with Crippen LogP contribution in [0.5, 0.6) is 0 Å². The summed E-state index contributed by atoms with van der Waals surface area (Å²) in [6, 6.07) is 8.14. The maximum atomic E-state index is 15.4. The molecule has 4 heterocycles. The fraction of sp³-hybridized carbons (Fsp3) is 0.382. The molecule has 13 heteroatoms. The molecule has 2 aliphatic heterocycles. The SMILES string of the molecule is CCC(=O)N1CCC[C@H]1c1ncc(-c2cc(F)c(-c3ccc(-c4cnc([C@@H]5CCCN5C(=O)[C@H](C)NC(=O)OC)[nH]4)cc3)cc2F)[nH]1. The Kier molecular flexibility index (Phi) is 9.06. The van der Waals surface area contributed by atoms with Gasteiger partial charge in [-0.25, -0.2) is 23.5 Å². The van der Waals surface area contributed by atoms with Crippen molar-refractivity contribution in [2.45, 2.75) is 64.1 Å². The number of nitrogens with one attached hydrogen (secondary N) is 3. The van der Waals surface area contributed by atoms with Gasteiger partial charge >= 0.3 is 6.09 Å². The van der Waals surface area contributed by atoms with Gasteiger partial charge in [0.05, 0.1) is 43.0 Å². The first-order valence-electron chi connectivity index (χ1n) is 15.8. The lowest BCUT2D eigenvalue weighted by Crippen LogP contribution is -2.46. The van der Waals surface area contributed by atoms with E-state index in [9.17, 15) is 14.4 Å². The number of amides is 3. The fourth-order valence-corrected chi connectivity index (χ4v) is 6.51. The van der Waals surface area contributed by atoms with Gasteiger partial charge in [-0.2, -0.15) is 0 Å². The topological polar surface area (TPSA) is 136 Å². The predicted molar refractivity (Wildman–Crippen MR) is 170 cm³/mol. The van der Waals surface area contributed by atoms with E-state index in [0.29, 0.717) is 48.1 Å². The molecule has 2 saturated heterocycles. The van der Waals surface area contributed by atoms with E-state index in [4.69, 9.17) is 0 Å². The van der Waals surface area contributed by atoms with Gasteiger partial charge in [0.1, 0.15) is 29.3 Å². The van der Waals surface area contributed by atoms with Gasteiger partial charge < -0.3 is 29.8 Å². The van der Waals surface area contributed by atoms with Crippen LogP contribution < -0.4 is 5.32 Å². The largest absolute Gasteiger partial charge is 0.453 e. The third-order valence-electron chi connectivity index (χ3n) is 8.98. The molecule has 4 aromatic rings. The number of alkyl carbamates (subject to hydrolysis) is 1. The van der Waals surface area contributed by atoms with Crippen LogP contribution in [-0.2, 0) is 14.3 Å². The second-order valence-electron chi connectivity index (χ2n) is 11.9. The molecule has 246 valence electrons. The van der Waals surface area contributed by atoms with E-state index in [1.54, 1.807) is 47.2 Å². The lowest BCUT2D eigenvalue weighted by atomic mass is 10.00. The van der Waals surface area contributed by atoms with Gasteiger partial charge in [0, 0.05) is 30.6 Å². The first-order chi connectivity index (χ1) is 22.7. The molecule has 0 bridgehead atoms. The van der Waals surface area contributed by atoms with Crippen molar-refractivity contribution in [3.8, 4) is 33.6 Å². The molecule has 0 unspecified atom stereocenters. The summed E-state index contributed by atoms with van der Waals surface area (Å²) in [4.78, 5) is 55.8. The summed E-state index contributed by atoms with van der Waals surface area (Å²) in [6.07, 6.45) is 6.03. The summed E-state index contributed by atoms with van der Waals surface area (Å²) in [5, 5.41) is 2.52. The number of hydrogen-bond donors (Lipinski definition) is 3. The monoisotopic (exact) mass is 645 g/mol. The number of nitrogens with zero attached hydrogens (tertiary/aromatic N) is 4. The number of rotatable bonds is 8. The van der Waals surface area contributed by atoms with Gasteiger partial charge in [-0.05, 0) is 55.9 Å². The Balaban J connectivity index is 1.17. The zero-order valence-electron chi connectivity index (χ0n) is 26.5. The second kappa shape index (κ2) is 13.3. The van der Waals surface area contributed by atoms with Crippen molar-refractivity contribution in [3.05, 3.63) is 72.1 Å². The average Bonchev–Trinajstić information content (AvgIpc) is 3.91. The van der Waals surface area contributed by atoms with Crippen molar-refractivity contribution in [3.63, 3.8) is 0 Å². The maximum absolute atomic E-state index is 15.4. The number of halogens is 2. The lowest BCUT2D eigenvalue weighted by molar-refractivity contribution is -0.134. The van der Waals surface area contributed by atoms with Crippen LogP contribution in [0.15, 0.2) is 48.8 Å². The number of carbonyl (C=O) groups is 3. The Morgan fingerprint density at radius 3 is 2.11 bits per heavy atom. The first kappa shape index (κ1) is 31.9. The van der Waals surface area contributed by atoms with E-state index in [2.05, 4.69) is 30.0 Å². The number of ether oxygens (including phenoxy) is 1. The molecule has 0 radical (unpaired) electrons. The van der Waals surface area contributed by atoms with Gasteiger partial charge in [0.2, 0.25) is 11.8 Å². The van der Waals surface area contributed by atoms with Gasteiger partial charge in [0.25, 0.3) is 0 Å². The molecule has 3 amide bonds. The van der Waals surface area contributed by atoms with Crippen LogP contribution in [0.3, 0.4) is 0 Å². The Hall–Kier alpha value is -5.07. The Bertz CT molecular complexity index is 1790. The van der Waals surface area contributed by atoms with E-state index in [1.165, 1.54) is 19.4 Å². The highest BCUT2D eigenvalue weighted by Crippen LogP contribution is 2.36. The highest BCUT2D eigenvalue weighted by Gasteiger charge is 2.35. The number of methoxy groups -OCH3 is 1. The molecule has 2 aromatic carbocycles. The molecular weight excluding hydrogens is 608 g/mol. The number of carbonyl (C=O) groups excluding carboxylic acids is 3. The molecule has 6 rings (SSSR count). The van der Waals surface area contributed by atoms with Crippen LogP contribution >= 0.6 is 0 Å². The van der Waals surface area contributed by atoms with Crippen molar-refractivity contribution in [2.24, 2.45) is 0 Å². The zero-order chi connectivity index (χ0) is 33.2. The minimum atomic E-state index is -0.748. The summed E-state index contributed by atoms with van der Waals surface area (Å²) in [5.41, 5.74) is 2.53. The van der Waals surface area contributed by atoms with Crippen molar-refractivity contribution in [2.75, 3.05) is 20.2 Å². The third-order valence-corrected chi connectivity index (χ3v) is 8.98. The summed E-state index contributed by atoms with van der Waals surface area (Å²) in [7, 11) is 1.24. The Morgan fingerprint density at radius 2 is 1.45 bits per heavy atom. The lowest BCUT2D eigenvalue weighted by Gasteiger charge is -2.26. The molecule has 47 heavy (non-hydrogen) atoms. The highest BCUT2D eigenvalue weighted by atomic mass is 19.1. The Morgan fingerprint density at radius 1 is 0.894 bits per heavy atom. The van der Waals surface area contributed by atoms with Gasteiger partial charge in [-0.3, -0.25) is 9.59 Å². The number of aromatic amines is 2. The highest BCUT2D eigenvalue weighted by molar-refractivity contribution is 5.85. The van der Waals surface area contributed by atoms with Crippen LogP contribution in [0.25, 0.3) is 33.6 Å². The number of likely N-dealkylation sites (tertiary alicyclic amines) is 2. The minimum absolute atomic E-state index is 0.0412. The van der Waals surface area contributed by atoms with Crippen LogP contribution in [0, 0.1) is 11.6 Å². The summed E-state index contributed by atoms with van der Waals surface area (Å²) in [6.45, 7) is 4.63. The number of hydrogen-bond acceptors (Lipinski definition) is 6. The van der Waals surface area contributed by atoms with Crippen LogP contribution in [0.1, 0.15) is 69.7 Å². The normalized spacial score (nSPS) is 18.4. The molecular formula is C34H37F2N7O4. The van der Waals surface area contributed by atoms with E-state index in [-0.39, 0.29) is 35.0 Å². The third kappa shape index (κ3) is 6.34. The van der Waals surface area contributed by atoms with Gasteiger partial charge in [-0.15, -0.1) is 0 Å². The van der Waals surface area contributed by atoms with Crippen LogP contribution in [0.2, 0.25) is 0 Å². The van der Waals surface area contributed by atoms with Crippen LogP contribution in [0.4, 0.5) is 13.6 Å². The molecule has 2 aromatic heterocycles. The van der Waals surface area contributed by atoms with E-state index < -0.39 is 23.8 Å². The minimum Gasteiger partial charge on any atom is -0.453 e. The number of benzene rings is 2. The van der Waals surface area contributed by atoms with Crippen molar-refractivity contribution >= 4 is 17.9 Å². The van der Waals surface area contributed by atoms with Crippen molar-refractivity contribution in [1.29, 1.82) is 0 Å². The zero-order valence-corrected chi connectivity index (χ0v) is 26.5. The summed E-state index contributed by atoms with van der Waals surface area (Å²) >= 11 is 0. The standard InChI is InChI=1S/C34H37F2N7O4/c1-4-30(44)42-13-5-7-28(42)31-38-18-27(41-31)23-16-24(35)22(15-25(23)36)20-9-11-21(12-10-20)26-17-37-32(40-26)29-8-6-14-43(29)33(45)19(2)39-34(46)47-3/h9-12,15-19,28-29H,4-8,13-14H2,1-3H3,(H,37,40)(H,38,41)(H,39,46)/t19-,28-,29-/m0/s1. The number of H-pyrrole nitrogens is 2. The average molecular weight is 646 g/mol. The van der Waals surface area contributed by atoms with Crippen molar-refractivity contribution < 1.29 is 27.9 Å². The van der Waals surface area contributed by atoms with Gasteiger partial charge in [-0.1, -0.05) is 31.2 Å². The van der Waals surface area contributed by atoms with E-state index >= 15 is 8.78 Å². The van der Waals surface area contributed by atoms with Crippen molar-refractivity contribution in [1.82, 2.24) is 35.1 Å². The number of imidazole rings is 2. The Labute approximate surface area is 270 Å². The molecule has 2 fully saturated rings. The number of aromatic nitrogens is 4. The van der Waals surface area contributed by atoms with Gasteiger partial charge in [0.15, 0.2) is 0 Å². The molecule has 11 nitrogen and oxygen atoms in total. The maximum Gasteiger partial charge on any atom is 0.407 e. The summed E-state index contributed by atoms with van der Waals surface area (Å²) in [5.74, 6) is -0.170. The van der Waals surface area contributed by atoms with Crippen LogP contribution in [-0.4, -0.2) is 73.9 Å². The second-order valence-corrected chi connectivity index (χ2v) is 11.9. The fourth-order valence-electron chi connectivity index (χ4n) is 6.51. The molecule has 3 N–H and O–H groups in total. The first-order valence-corrected chi connectivity index (χ1v) is 15.8. The quantitative estimate of drug-likeness (QED) is 0.219. The summed E-state index contributed by atoms with van der Waals surface area (Å²) < 4.78 is 35.5. The molecule has 0 spiro atoms. The molecule has 3 atom stereocenters.